The molecule has 1 rings (SSSR count). The number of alkyl halides is 3. The van der Waals surface area contributed by atoms with Crippen molar-refractivity contribution in [1.82, 2.24) is 9.78 Å². The van der Waals surface area contributed by atoms with Gasteiger partial charge in [0.15, 0.2) is 5.69 Å². The highest BCUT2D eigenvalue weighted by molar-refractivity contribution is 6.67. The van der Waals surface area contributed by atoms with Gasteiger partial charge in [0, 0.05) is 6.07 Å². The second-order valence-corrected chi connectivity index (χ2v) is 3.61. The Morgan fingerprint density at radius 1 is 1.50 bits per heavy atom. The van der Waals surface area contributed by atoms with Crippen molar-refractivity contribution < 1.29 is 27.5 Å². The van der Waals surface area contributed by atoms with Crippen molar-refractivity contribution in [3.8, 4) is 0 Å². The zero-order valence-corrected chi connectivity index (χ0v) is 9.88. The number of nitrogens with zero attached hydrogens (tertiary/aromatic N) is 2. The van der Waals surface area contributed by atoms with E-state index in [1.807, 2.05) is 0 Å². The molecule has 0 amide bonds. The number of hydrogen-bond donors (Lipinski definition) is 0. The Bertz CT molecular complexity index is 470. The summed E-state index contributed by atoms with van der Waals surface area (Å²) in [5, 5.41) is 2.54. The van der Waals surface area contributed by atoms with Gasteiger partial charge in [-0.1, -0.05) is 0 Å². The van der Waals surface area contributed by atoms with E-state index in [1.54, 1.807) is 0 Å². The van der Waals surface area contributed by atoms with E-state index in [1.165, 1.54) is 0 Å². The molecule has 0 N–H and O–H groups in total. The molecule has 1 aromatic heterocycles. The number of aromatic nitrogens is 2. The lowest BCUT2D eigenvalue weighted by Crippen LogP contribution is -2.16. The van der Waals surface area contributed by atoms with E-state index in [0.717, 1.165) is 17.9 Å². The quantitative estimate of drug-likeness (QED) is 0.627. The number of methoxy groups -OCH3 is 1. The monoisotopic (exact) mass is 284 g/mol. The summed E-state index contributed by atoms with van der Waals surface area (Å²) >= 11 is 5.19. The molecule has 0 radical (unpaired) electrons. The number of carbonyl (C=O) groups is 2. The zero-order valence-electron chi connectivity index (χ0n) is 9.12. The third-order valence-corrected chi connectivity index (χ3v) is 2.18. The Kier molecular flexibility index (Phi) is 4.33. The lowest BCUT2D eigenvalue weighted by molar-refractivity contribution is -0.137. The largest absolute Gasteiger partial charge is 0.464 e. The lowest BCUT2D eigenvalue weighted by Gasteiger charge is -2.07. The first-order valence-electron chi connectivity index (χ1n) is 4.67. The van der Waals surface area contributed by atoms with Crippen LogP contribution in [-0.4, -0.2) is 34.3 Å². The molecule has 0 aliphatic heterocycles. The summed E-state index contributed by atoms with van der Waals surface area (Å²) in [6, 6.07) is 0.984. The highest BCUT2D eigenvalue weighted by Gasteiger charge is 2.28. The predicted octanol–water partition coefficient (Wildman–Crippen LogP) is 2.00. The highest BCUT2D eigenvalue weighted by Crippen LogP contribution is 2.21. The third kappa shape index (κ3) is 3.73. The normalized spacial score (nSPS) is 11.4. The molecule has 0 aliphatic carbocycles. The Hall–Kier alpha value is -1.57. The van der Waals surface area contributed by atoms with Gasteiger partial charge in [0.1, 0.15) is 5.69 Å². The van der Waals surface area contributed by atoms with E-state index in [4.69, 9.17) is 11.6 Å². The van der Waals surface area contributed by atoms with Crippen LogP contribution >= 0.6 is 11.6 Å². The molecule has 1 aromatic rings. The van der Waals surface area contributed by atoms with Crippen LogP contribution < -0.4 is 0 Å². The summed E-state index contributed by atoms with van der Waals surface area (Å²) in [5.74, 6) is -0.861. The average molecular weight is 285 g/mol. The molecular formula is C9H8ClF3N2O3. The first kappa shape index (κ1) is 14.5. The maximum Gasteiger partial charge on any atom is 0.390 e. The summed E-state index contributed by atoms with van der Waals surface area (Å²) in [5.41, 5.74) is -0.565. The molecule has 9 heteroatoms. The molecule has 0 unspecified atom stereocenters. The molecule has 0 aliphatic rings. The number of hydrogen-bond acceptors (Lipinski definition) is 4. The fourth-order valence-corrected chi connectivity index (χ4v) is 1.33. The Morgan fingerprint density at radius 3 is 2.56 bits per heavy atom. The molecular weight excluding hydrogens is 277 g/mol. The van der Waals surface area contributed by atoms with Crippen LogP contribution in [0.4, 0.5) is 13.2 Å². The second kappa shape index (κ2) is 5.38. The van der Waals surface area contributed by atoms with Crippen molar-refractivity contribution in [1.29, 1.82) is 0 Å². The van der Waals surface area contributed by atoms with Crippen molar-refractivity contribution in [3.05, 3.63) is 17.5 Å². The Balaban J connectivity index is 2.98. The van der Waals surface area contributed by atoms with E-state index >= 15 is 0 Å². The van der Waals surface area contributed by atoms with Crippen molar-refractivity contribution in [2.45, 2.75) is 19.1 Å². The summed E-state index contributed by atoms with van der Waals surface area (Å²) in [7, 11) is 1.08. The summed E-state index contributed by atoms with van der Waals surface area (Å²) < 4.78 is 41.2. The van der Waals surface area contributed by atoms with Gasteiger partial charge in [-0.2, -0.15) is 18.3 Å². The van der Waals surface area contributed by atoms with Crippen LogP contribution in [0.1, 0.15) is 27.4 Å². The molecule has 0 fully saturated rings. The maximum atomic E-state index is 12.1. The summed E-state index contributed by atoms with van der Waals surface area (Å²) in [6.45, 7) is -0.603. The SMILES string of the molecule is COC(=O)c1cc(C(=O)Cl)n(CCC(F)(F)F)n1. The van der Waals surface area contributed by atoms with Gasteiger partial charge in [-0.3, -0.25) is 9.48 Å². The highest BCUT2D eigenvalue weighted by atomic mass is 35.5. The van der Waals surface area contributed by atoms with Crippen LogP contribution in [0, 0.1) is 0 Å². The minimum absolute atomic E-state index is 0.274. The van der Waals surface area contributed by atoms with Crippen LogP contribution in [0.3, 0.4) is 0 Å². The zero-order chi connectivity index (χ0) is 13.9. The number of carbonyl (C=O) groups excluding carboxylic acids is 2. The van der Waals surface area contributed by atoms with Gasteiger partial charge in [-0.05, 0) is 11.6 Å². The lowest BCUT2D eigenvalue weighted by atomic mass is 10.3. The number of rotatable bonds is 4. The first-order valence-corrected chi connectivity index (χ1v) is 5.05. The first-order chi connectivity index (χ1) is 8.24. The summed E-state index contributed by atoms with van der Waals surface area (Å²) in [4.78, 5) is 22.1. The van der Waals surface area contributed by atoms with Crippen LogP contribution in [0.2, 0.25) is 0 Å². The Morgan fingerprint density at radius 2 is 2.11 bits per heavy atom. The number of halogens is 4. The van der Waals surface area contributed by atoms with Crippen LogP contribution in [-0.2, 0) is 11.3 Å². The van der Waals surface area contributed by atoms with Crippen molar-refractivity contribution >= 4 is 22.8 Å². The van der Waals surface area contributed by atoms with E-state index in [9.17, 15) is 22.8 Å². The minimum atomic E-state index is -4.40. The Labute approximate surface area is 104 Å². The molecule has 18 heavy (non-hydrogen) atoms. The van der Waals surface area contributed by atoms with E-state index in [-0.39, 0.29) is 11.4 Å². The molecule has 0 atom stereocenters. The summed E-state index contributed by atoms with van der Waals surface area (Å²) in [6.07, 6.45) is -5.59. The van der Waals surface area contributed by atoms with E-state index < -0.39 is 30.4 Å². The maximum absolute atomic E-state index is 12.1. The van der Waals surface area contributed by atoms with Crippen LogP contribution in [0.15, 0.2) is 6.07 Å². The number of aryl methyl sites for hydroxylation is 1. The molecule has 0 spiro atoms. The molecule has 0 bridgehead atoms. The molecule has 5 nitrogen and oxygen atoms in total. The van der Waals surface area contributed by atoms with Gasteiger partial charge in [0.2, 0.25) is 0 Å². The van der Waals surface area contributed by atoms with Crippen molar-refractivity contribution in [3.63, 3.8) is 0 Å². The molecule has 100 valence electrons. The predicted molar refractivity (Wildman–Crippen MR) is 54.4 cm³/mol. The number of esters is 1. The van der Waals surface area contributed by atoms with Crippen molar-refractivity contribution in [2.75, 3.05) is 7.11 Å². The van der Waals surface area contributed by atoms with Gasteiger partial charge >= 0.3 is 12.1 Å². The third-order valence-electron chi connectivity index (χ3n) is 1.98. The standard InChI is InChI=1S/C9H8ClF3N2O3/c1-18-8(17)5-4-6(7(10)16)15(14-5)3-2-9(11,12)13/h4H,2-3H2,1H3. The van der Waals surface area contributed by atoms with Crippen LogP contribution in [0.5, 0.6) is 0 Å². The minimum Gasteiger partial charge on any atom is -0.464 e. The second-order valence-electron chi connectivity index (χ2n) is 3.27. The topological polar surface area (TPSA) is 61.2 Å². The molecule has 0 saturated heterocycles. The molecule has 1 heterocycles. The van der Waals surface area contributed by atoms with Gasteiger partial charge in [-0.25, -0.2) is 4.79 Å². The number of ether oxygens (including phenoxy) is 1. The fraction of sp³-hybridized carbons (Fsp3) is 0.444. The van der Waals surface area contributed by atoms with Gasteiger partial charge in [-0.15, -0.1) is 0 Å². The van der Waals surface area contributed by atoms with Crippen molar-refractivity contribution in [2.24, 2.45) is 0 Å². The van der Waals surface area contributed by atoms with Gasteiger partial charge in [0.05, 0.1) is 20.1 Å². The molecule has 0 aromatic carbocycles. The van der Waals surface area contributed by atoms with Crippen LogP contribution in [0.25, 0.3) is 0 Å². The van der Waals surface area contributed by atoms with Gasteiger partial charge in [0.25, 0.3) is 5.24 Å². The van der Waals surface area contributed by atoms with Gasteiger partial charge < -0.3 is 4.74 Å². The smallest absolute Gasteiger partial charge is 0.390 e. The average Bonchev–Trinajstić information content (AvgIpc) is 2.68. The van der Waals surface area contributed by atoms with E-state index in [0.29, 0.717) is 0 Å². The molecule has 0 saturated carbocycles. The van der Waals surface area contributed by atoms with E-state index in [2.05, 4.69) is 9.84 Å². The fourth-order valence-electron chi connectivity index (χ4n) is 1.18.